The van der Waals surface area contributed by atoms with Crippen LogP contribution in [0, 0.1) is 0 Å². The fraction of sp³-hybridized carbons (Fsp3) is 0.294. The first-order valence-electron chi connectivity index (χ1n) is 8.13. The van der Waals surface area contributed by atoms with Crippen LogP contribution in [0.3, 0.4) is 0 Å². The van der Waals surface area contributed by atoms with Crippen LogP contribution in [0.15, 0.2) is 41.6 Å². The number of pyridine rings is 2. The number of amides is 1. The van der Waals surface area contributed by atoms with Crippen LogP contribution < -0.4 is 5.56 Å². The predicted molar refractivity (Wildman–Crippen MR) is 89.6 cm³/mol. The molecule has 4 heterocycles. The number of carbonyl (C=O) groups excluding carboxylic acids is 1. The Bertz CT molecular complexity index is 1020. The number of piperidine rings is 1. The number of fused-ring (bicyclic) bond motifs is 1. The van der Waals surface area contributed by atoms with Gasteiger partial charge in [-0.25, -0.2) is 18.4 Å². The van der Waals surface area contributed by atoms with Crippen LogP contribution in [0.2, 0.25) is 0 Å². The van der Waals surface area contributed by atoms with E-state index in [1.54, 1.807) is 29.2 Å². The molecule has 7 nitrogen and oxygen atoms in total. The van der Waals surface area contributed by atoms with E-state index < -0.39 is 5.92 Å². The first-order valence-corrected chi connectivity index (χ1v) is 8.13. The van der Waals surface area contributed by atoms with Crippen LogP contribution in [-0.2, 0) is 0 Å². The normalized spacial score (nSPS) is 16.8. The van der Waals surface area contributed by atoms with Crippen molar-refractivity contribution in [3.05, 3.63) is 52.7 Å². The molecule has 0 aliphatic carbocycles. The summed E-state index contributed by atoms with van der Waals surface area (Å²) in [6.45, 7) is 0.0650. The number of carbonyl (C=O) groups is 1. The number of H-pyrrole nitrogens is 1. The number of hydrogen-bond donors (Lipinski definition) is 1. The van der Waals surface area contributed by atoms with Crippen molar-refractivity contribution in [2.24, 2.45) is 0 Å². The molecule has 1 N–H and O–H groups in total. The molecule has 1 aliphatic heterocycles. The number of rotatable bonds is 2. The van der Waals surface area contributed by atoms with Crippen molar-refractivity contribution in [1.82, 2.24) is 24.6 Å². The van der Waals surface area contributed by atoms with Gasteiger partial charge in [0.05, 0.1) is 17.3 Å². The second-order valence-corrected chi connectivity index (χ2v) is 6.25. The summed E-state index contributed by atoms with van der Waals surface area (Å²) in [4.78, 5) is 32.0. The third kappa shape index (κ3) is 2.96. The van der Waals surface area contributed by atoms with Crippen molar-refractivity contribution in [3.8, 4) is 5.82 Å². The van der Waals surface area contributed by atoms with Crippen LogP contribution in [0.4, 0.5) is 8.78 Å². The third-order valence-electron chi connectivity index (χ3n) is 4.47. The molecular formula is C17H15F2N5O2. The average molecular weight is 359 g/mol. The molecule has 0 bridgehead atoms. The van der Waals surface area contributed by atoms with Gasteiger partial charge in [0.1, 0.15) is 0 Å². The first-order chi connectivity index (χ1) is 12.4. The highest BCUT2D eigenvalue weighted by Crippen LogP contribution is 2.28. The molecule has 134 valence electrons. The zero-order chi connectivity index (χ0) is 18.3. The Morgan fingerprint density at radius 2 is 1.96 bits per heavy atom. The molecule has 4 rings (SSSR count). The molecule has 1 amide bonds. The molecule has 3 aromatic heterocycles. The monoisotopic (exact) mass is 359 g/mol. The molecule has 0 unspecified atom stereocenters. The molecule has 3 aromatic rings. The van der Waals surface area contributed by atoms with Gasteiger partial charge in [-0.3, -0.25) is 9.59 Å². The lowest BCUT2D eigenvalue weighted by atomic mass is 10.1. The van der Waals surface area contributed by atoms with E-state index in [1.165, 1.54) is 17.2 Å². The van der Waals surface area contributed by atoms with Gasteiger partial charge in [-0.05, 0) is 12.1 Å². The summed E-state index contributed by atoms with van der Waals surface area (Å²) in [5.74, 6) is -2.52. The highest BCUT2D eigenvalue weighted by molar-refractivity contribution is 5.94. The molecular weight excluding hydrogens is 344 g/mol. The maximum atomic E-state index is 13.2. The molecule has 0 radical (unpaired) electrons. The number of aromatic nitrogens is 4. The Kier molecular flexibility index (Phi) is 3.78. The smallest absolute Gasteiger partial charge is 0.255 e. The van der Waals surface area contributed by atoms with E-state index in [4.69, 9.17) is 0 Å². The number of hydrogen-bond acceptors (Lipinski definition) is 4. The maximum Gasteiger partial charge on any atom is 0.255 e. The van der Waals surface area contributed by atoms with Gasteiger partial charge in [-0.2, -0.15) is 5.10 Å². The first kappa shape index (κ1) is 16.4. The van der Waals surface area contributed by atoms with Gasteiger partial charge < -0.3 is 9.88 Å². The third-order valence-corrected chi connectivity index (χ3v) is 4.47. The van der Waals surface area contributed by atoms with Crippen molar-refractivity contribution in [2.45, 2.75) is 18.8 Å². The van der Waals surface area contributed by atoms with E-state index in [-0.39, 0.29) is 37.4 Å². The van der Waals surface area contributed by atoms with Crippen molar-refractivity contribution >= 4 is 16.8 Å². The Morgan fingerprint density at radius 1 is 1.19 bits per heavy atom. The zero-order valence-corrected chi connectivity index (χ0v) is 13.7. The number of nitrogens with zero attached hydrogens (tertiary/aromatic N) is 4. The largest absolute Gasteiger partial charge is 0.338 e. The van der Waals surface area contributed by atoms with Gasteiger partial charge in [0.15, 0.2) is 5.82 Å². The van der Waals surface area contributed by atoms with E-state index in [1.807, 2.05) is 0 Å². The minimum absolute atomic E-state index is 0.0325. The molecule has 0 aromatic carbocycles. The molecule has 9 heteroatoms. The Balaban J connectivity index is 1.56. The van der Waals surface area contributed by atoms with E-state index in [0.29, 0.717) is 22.3 Å². The van der Waals surface area contributed by atoms with Crippen molar-refractivity contribution < 1.29 is 13.6 Å². The Labute approximate surface area is 146 Å². The SMILES string of the molecule is O=C(c1ccc(-n2ncc3cc(=O)[nH]cc32)nc1)N1CCC(F)(F)CC1. The lowest BCUT2D eigenvalue weighted by Crippen LogP contribution is -2.42. The zero-order valence-electron chi connectivity index (χ0n) is 13.7. The van der Waals surface area contributed by atoms with E-state index >= 15 is 0 Å². The standard InChI is InChI=1S/C17H15F2N5O2/c18-17(19)3-5-23(6-4-17)16(26)11-1-2-14(20-8-11)24-13-10-21-15(25)7-12(13)9-22-24/h1-2,7-10H,3-6H2,(H,21,25). The van der Waals surface area contributed by atoms with Crippen LogP contribution >= 0.6 is 0 Å². The van der Waals surface area contributed by atoms with Gasteiger partial charge in [0.2, 0.25) is 5.56 Å². The highest BCUT2D eigenvalue weighted by Gasteiger charge is 2.35. The fourth-order valence-electron chi connectivity index (χ4n) is 2.99. The summed E-state index contributed by atoms with van der Waals surface area (Å²) in [5.41, 5.74) is 0.788. The van der Waals surface area contributed by atoms with E-state index in [0.717, 1.165) is 0 Å². The number of nitrogens with one attached hydrogen (secondary N) is 1. The summed E-state index contributed by atoms with van der Waals surface area (Å²) >= 11 is 0. The summed E-state index contributed by atoms with van der Waals surface area (Å²) in [7, 11) is 0. The molecule has 1 fully saturated rings. The molecule has 0 saturated carbocycles. The minimum Gasteiger partial charge on any atom is -0.338 e. The Morgan fingerprint density at radius 3 is 2.65 bits per heavy atom. The summed E-state index contributed by atoms with van der Waals surface area (Å²) in [5, 5.41) is 4.87. The van der Waals surface area contributed by atoms with Gasteiger partial charge in [0.25, 0.3) is 11.8 Å². The van der Waals surface area contributed by atoms with Crippen LogP contribution in [0.25, 0.3) is 16.7 Å². The van der Waals surface area contributed by atoms with E-state index in [2.05, 4.69) is 15.1 Å². The number of likely N-dealkylation sites (tertiary alicyclic amines) is 1. The lowest BCUT2D eigenvalue weighted by molar-refractivity contribution is -0.0494. The van der Waals surface area contributed by atoms with Gasteiger partial charge in [0, 0.05) is 49.8 Å². The summed E-state index contributed by atoms with van der Waals surface area (Å²) in [6, 6.07) is 4.66. The quantitative estimate of drug-likeness (QED) is 0.758. The molecule has 0 atom stereocenters. The van der Waals surface area contributed by atoms with Gasteiger partial charge in [-0.1, -0.05) is 0 Å². The van der Waals surface area contributed by atoms with Gasteiger partial charge >= 0.3 is 0 Å². The topological polar surface area (TPSA) is 83.9 Å². The molecule has 26 heavy (non-hydrogen) atoms. The van der Waals surface area contributed by atoms with Gasteiger partial charge in [-0.15, -0.1) is 0 Å². The Hall–Kier alpha value is -3.10. The minimum atomic E-state index is -2.69. The number of halogens is 2. The summed E-state index contributed by atoms with van der Waals surface area (Å²) in [6.07, 6.45) is 3.87. The number of aromatic amines is 1. The second kappa shape index (κ2) is 6.01. The van der Waals surface area contributed by atoms with Crippen molar-refractivity contribution in [1.29, 1.82) is 0 Å². The summed E-state index contributed by atoms with van der Waals surface area (Å²) < 4.78 is 28.0. The van der Waals surface area contributed by atoms with Crippen LogP contribution in [0.1, 0.15) is 23.2 Å². The maximum absolute atomic E-state index is 13.2. The fourth-order valence-corrected chi connectivity index (χ4v) is 2.99. The average Bonchev–Trinajstić information content (AvgIpc) is 3.04. The number of alkyl halides is 2. The van der Waals surface area contributed by atoms with Crippen LogP contribution in [0.5, 0.6) is 0 Å². The van der Waals surface area contributed by atoms with Crippen molar-refractivity contribution in [2.75, 3.05) is 13.1 Å². The highest BCUT2D eigenvalue weighted by atomic mass is 19.3. The lowest BCUT2D eigenvalue weighted by Gasteiger charge is -2.31. The van der Waals surface area contributed by atoms with Crippen LogP contribution in [-0.4, -0.2) is 49.6 Å². The molecule has 1 aliphatic rings. The second-order valence-electron chi connectivity index (χ2n) is 6.25. The van der Waals surface area contributed by atoms with Crippen molar-refractivity contribution in [3.63, 3.8) is 0 Å². The van der Waals surface area contributed by atoms with E-state index in [9.17, 15) is 18.4 Å². The predicted octanol–water partition coefficient (Wildman–Crippen LogP) is 1.98. The molecule has 0 spiro atoms. The molecule has 1 saturated heterocycles.